The van der Waals surface area contributed by atoms with E-state index in [1.807, 2.05) is 25.1 Å². The second-order valence-electron chi connectivity index (χ2n) is 8.03. The third kappa shape index (κ3) is 3.76. The molecule has 1 amide bonds. The molecule has 3 heterocycles. The number of hydrogen-bond acceptors (Lipinski definition) is 5. The number of rotatable bonds is 4. The van der Waals surface area contributed by atoms with E-state index in [0.717, 1.165) is 63.4 Å². The first-order chi connectivity index (χ1) is 13.1. The van der Waals surface area contributed by atoms with Crippen molar-refractivity contribution in [3.05, 3.63) is 47.6 Å². The number of carbonyl (C=O) groups is 1. The Hall–Kier alpha value is -2.21. The normalized spacial score (nSPS) is 23.1. The number of aryl methyl sites for hydroxylation is 1. The monoisotopic (exact) mass is 368 g/mol. The number of piperidine rings is 2. The van der Waals surface area contributed by atoms with Gasteiger partial charge in [-0.1, -0.05) is 35.5 Å². The molecule has 1 spiro atoms. The van der Waals surface area contributed by atoms with Crippen molar-refractivity contribution in [1.82, 2.24) is 19.9 Å². The number of hydrogen-bond donors (Lipinski definition) is 0. The van der Waals surface area contributed by atoms with Crippen molar-refractivity contribution >= 4 is 5.91 Å². The maximum absolute atomic E-state index is 13.0. The minimum Gasteiger partial charge on any atom is -0.342 e. The van der Waals surface area contributed by atoms with Crippen LogP contribution >= 0.6 is 0 Å². The molecule has 2 aliphatic rings. The summed E-state index contributed by atoms with van der Waals surface area (Å²) >= 11 is 0. The van der Waals surface area contributed by atoms with E-state index in [4.69, 9.17) is 4.52 Å². The van der Waals surface area contributed by atoms with E-state index in [-0.39, 0.29) is 11.3 Å². The quantitative estimate of drug-likeness (QED) is 0.830. The summed E-state index contributed by atoms with van der Waals surface area (Å²) < 4.78 is 5.09. The van der Waals surface area contributed by atoms with Crippen molar-refractivity contribution in [1.29, 1.82) is 0 Å². The van der Waals surface area contributed by atoms with Gasteiger partial charge in [-0.25, -0.2) is 0 Å². The first-order valence-electron chi connectivity index (χ1n) is 9.94. The summed E-state index contributed by atoms with van der Waals surface area (Å²) in [6.45, 7) is 8.36. The lowest BCUT2D eigenvalue weighted by molar-refractivity contribution is -0.141. The molecule has 1 atom stereocenters. The fourth-order valence-electron chi connectivity index (χ4n) is 4.65. The van der Waals surface area contributed by atoms with Crippen LogP contribution < -0.4 is 0 Å². The van der Waals surface area contributed by atoms with E-state index in [1.54, 1.807) is 0 Å². The minimum atomic E-state index is -0.00805. The van der Waals surface area contributed by atoms with Crippen LogP contribution in [0.15, 0.2) is 34.9 Å². The second kappa shape index (κ2) is 7.43. The molecular formula is C21H28N4O2. The fraction of sp³-hybridized carbons (Fsp3) is 0.571. The van der Waals surface area contributed by atoms with Crippen LogP contribution in [0.25, 0.3) is 0 Å². The molecule has 6 nitrogen and oxygen atoms in total. The molecule has 1 aromatic heterocycles. The number of amides is 1. The predicted molar refractivity (Wildman–Crippen MR) is 102 cm³/mol. The first kappa shape index (κ1) is 18.2. The number of aromatic nitrogens is 2. The maximum atomic E-state index is 13.0. The zero-order valence-corrected chi connectivity index (χ0v) is 16.2. The van der Waals surface area contributed by atoms with Gasteiger partial charge in [0.25, 0.3) is 0 Å². The van der Waals surface area contributed by atoms with Gasteiger partial charge in [0, 0.05) is 20.0 Å². The van der Waals surface area contributed by atoms with Gasteiger partial charge >= 0.3 is 0 Å². The van der Waals surface area contributed by atoms with E-state index in [2.05, 4.69) is 39.0 Å². The molecule has 2 aromatic rings. The summed E-state index contributed by atoms with van der Waals surface area (Å²) in [6.07, 6.45) is 3.18. The highest BCUT2D eigenvalue weighted by Crippen LogP contribution is 2.45. The maximum Gasteiger partial charge on any atom is 0.230 e. The zero-order valence-electron chi connectivity index (χ0n) is 16.2. The third-order valence-corrected chi connectivity index (χ3v) is 6.21. The smallest absolute Gasteiger partial charge is 0.230 e. The van der Waals surface area contributed by atoms with Crippen molar-refractivity contribution in [2.75, 3.05) is 26.2 Å². The topological polar surface area (TPSA) is 62.5 Å². The highest BCUT2D eigenvalue weighted by Gasteiger charge is 2.45. The van der Waals surface area contributed by atoms with Crippen LogP contribution in [-0.2, 0) is 11.3 Å². The van der Waals surface area contributed by atoms with Crippen LogP contribution in [0.5, 0.6) is 0 Å². The average Bonchev–Trinajstić information content (AvgIpc) is 3.11. The molecule has 0 unspecified atom stereocenters. The van der Waals surface area contributed by atoms with Gasteiger partial charge in [0.15, 0.2) is 5.82 Å². The van der Waals surface area contributed by atoms with Gasteiger partial charge in [-0.3, -0.25) is 9.69 Å². The Balaban J connectivity index is 1.47. The van der Waals surface area contributed by atoms with Crippen molar-refractivity contribution in [3.63, 3.8) is 0 Å². The summed E-state index contributed by atoms with van der Waals surface area (Å²) in [7, 11) is 0. The number of nitrogens with zero attached hydrogens (tertiary/aromatic N) is 4. The molecule has 0 saturated carbocycles. The van der Waals surface area contributed by atoms with E-state index < -0.39 is 0 Å². The Morgan fingerprint density at radius 2 is 1.96 bits per heavy atom. The minimum absolute atomic E-state index is 0.00805. The van der Waals surface area contributed by atoms with Gasteiger partial charge in [0.1, 0.15) is 0 Å². The second-order valence-corrected chi connectivity index (χ2v) is 8.03. The molecule has 4 rings (SSSR count). The molecule has 144 valence electrons. The molecule has 2 saturated heterocycles. The third-order valence-electron chi connectivity index (χ3n) is 6.21. The zero-order chi connectivity index (χ0) is 18.9. The van der Waals surface area contributed by atoms with Gasteiger partial charge in [-0.15, -0.1) is 0 Å². The Morgan fingerprint density at radius 1 is 1.22 bits per heavy atom. The highest BCUT2D eigenvalue weighted by molar-refractivity contribution is 5.84. The van der Waals surface area contributed by atoms with Crippen LogP contribution in [0, 0.1) is 12.3 Å². The van der Waals surface area contributed by atoms with E-state index in [9.17, 15) is 4.79 Å². The summed E-state index contributed by atoms with van der Waals surface area (Å²) in [6, 6.07) is 10.3. The Kier molecular flexibility index (Phi) is 5.00. The van der Waals surface area contributed by atoms with Gasteiger partial charge < -0.3 is 9.42 Å². The molecule has 6 heteroatoms. The summed E-state index contributed by atoms with van der Waals surface area (Å²) in [5.41, 5.74) is 1.37. The van der Waals surface area contributed by atoms with Crippen LogP contribution in [0.1, 0.15) is 49.4 Å². The number of benzene rings is 1. The summed E-state index contributed by atoms with van der Waals surface area (Å²) in [4.78, 5) is 21.8. The molecule has 0 aliphatic carbocycles. The van der Waals surface area contributed by atoms with Crippen LogP contribution in [0.3, 0.4) is 0 Å². The predicted octanol–water partition coefficient (Wildman–Crippen LogP) is 3.00. The highest BCUT2D eigenvalue weighted by atomic mass is 16.5. The summed E-state index contributed by atoms with van der Waals surface area (Å²) in [5.74, 6) is 1.67. The molecule has 2 fully saturated rings. The van der Waals surface area contributed by atoms with E-state index in [0.29, 0.717) is 11.8 Å². The molecule has 0 bridgehead atoms. The van der Waals surface area contributed by atoms with Gasteiger partial charge in [-0.05, 0) is 50.3 Å². The van der Waals surface area contributed by atoms with Gasteiger partial charge in [0.05, 0.1) is 12.5 Å². The lowest BCUT2D eigenvalue weighted by Crippen LogP contribution is -2.53. The lowest BCUT2D eigenvalue weighted by atomic mass is 9.67. The SMILES string of the molecule is CCN1CC2(CCN(Cc3noc(C)n3)CC2)C[C@H](c2ccccc2)C1=O. The van der Waals surface area contributed by atoms with Crippen LogP contribution in [0.2, 0.25) is 0 Å². The largest absolute Gasteiger partial charge is 0.342 e. The molecule has 2 aliphatic heterocycles. The van der Waals surface area contributed by atoms with Crippen LogP contribution in [-0.4, -0.2) is 52.0 Å². The number of carbonyl (C=O) groups excluding carboxylic acids is 1. The Labute approximate surface area is 160 Å². The number of likely N-dealkylation sites (tertiary alicyclic amines) is 2. The molecule has 27 heavy (non-hydrogen) atoms. The number of likely N-dealkylation sites (N-methyl/N-ethyl adjacent to an activating group) is 1. The molecule has 0 N–H and O–H groups in total. The standard InChI is InChI=1S/C21H28N4O2/c1-3-25-15-21(13-18(20(25)26)17-7-5-4-6-8-17)9-11-24(12-10-21)14-19-22-16(2)27-23-19/h4-8,18H,3,9-15H2,1-2H3/t18-/m1/s1. The molecular weight excluding hydrogens is 340 g/mol. The van der Waals surface area contributed by atoms with E-state index >= 15 is 0 Å². The Bertz CT molecular complexity index is 780. The van der Waals surface area contributed by atoms with Crippen LogP contribution in [0.4, 0.5) is 0 Å². The van der Waals surface area contributed by atoms with Crippen molar-refractivity contribution in [3.8, 4) is 0 Å². The Morgan fingerprint density at radius 3 is 2.59 bits per heavy atom. The summed E-state index contributed by atoms with van der Waals surface area (Å²) in [5, 5.41) is 4.02. The molecule has 0 radical (unpaired) electrons. The lowest BCUT2D eigenvalue weighted by Gasteiger charge is -2.49. The van der Waals surface area contributed by atoms with Crippen molar-refractivity contribution < 1.29 is 9.32 Å². The average molecular weight is 368 g/mol. The van der Waals surface area contributed by atoms with E-state index in [1.165, 1.54) is 0 Å². The fourth-order valence-corrected chi connectivity index (χ4v) is 4.65. The molecule has 1 aromatic carbocycles. The van der Waals surface area contributed by atoms with Gasteiger partial charge in [0.2, 0.25) is 11.8 Å². The first-order valence-corrected chi connectivity index (χ1v) is 9.94. The van der Waals surface area contributed by atoms with Crippen molar-refractivity contribution in [2.45, 2.75) is 45.6 Å². The van der Waals surface area contributed by atoms with Crippen molar-refractivity contribution in [2.24, 2.45) is 5.41 Å². The van der Waals surface area contributed by atoms with Gasteiger partial charge in [-0.2, -0.15) is 4.98 Å².